The lowest BCUT2D eigenvalue weighted by atomic mass is 9.96. The summed E-state index contributed by atoms with van der Waals surface area (Å²) in [6.07, 6.45) is 0. The van der Waals surface area contributed by atoms with Gasteiger partial charge in [-0.2, -0.15) is 0 Å². The molecule has 25 heavy (non-hydrogen) atoms. The summed E-state index contributed by atoms with van der Waals surface area (Å²) in [6, 6.07) is 11.2. The van der Waals surface area contributed by atoms with E-state index >= 15 is 0 Å². The monoisotopic (exact) mass is 346 g/mol. The average Bonchev–Trinajstić information content (AvgIpc) is 2.59. The quantitative estimate of drug-likeness (QED) is 0.613. The number of hydrogen-bond donors (Lipinski definition) is 1. The summed E-state index contributed by atoms with van der Waals surface area (Å²) in [5.41, 5.74) is 0.757. The van der Waals surface area contributed by atoms with Crippen LogP contribution in [0.15, 0.2) is 48.5 Å². The molecular weight excluding hydrogens is 327 g/mol. The highest BCUT2D eigenvalue weighted by Crippen LogP contribution is 2.22. The van der Waals surface area contributed by atoms with Gasteiger partial charge in [-0.05, 0) is 35.7 Å². The molecule has 0 aliphatic rings. The van der Waals surface area contributed by atoms with Crippen molar-refractivity contribution in [2.24, 2.45) is 5.92 Å². The van der Waals surface area contributed by atoms with Crippen molar-refractivity contribution in [3.8, 4) is 5.75 Å². The fourth-order valence-electron chi connectivity index (χ4n) is 2.33. The van der Waals surface area contributed by atoms with Crippen LogP contribution in [0.25, 0.3) is 0 Å². The van der Waals surface area contributed by atoms with E-state index in [1.165, 1.54) is 36.4 Å². The molecule has 1 atom stereocenters. The highest BCUT2D eigenvalue weighted by Gasteiger charge is 2.18. The van der Waals surface area contributed by atoms with Crippen LogP contribution < -0.4 is 10.1 Å². The van der Waals surface area contributed by atoms with Gasteiger partial charge in [-0.3, -0.25) is 14.9 Å². The third-order valence-electron chi connectivity index (χ3n) is 3.63. The molecule has 2 aromatic rings. The maximum absolute atomic E-state index is 13.1. The third kappa shape index (κ3) is 5.27. The molecule has 0 spiro atoms. The molecule has 0 radical (unpaired) electrons. The molecule has 0 aliphatic carbocycles. The molecule has 2 rings (SSSR count). The van der Waals surface area contributed by atoms with Crippen molar-refractivity contribution >= 4 is 11.6 Å². The Bertz CT molecular complexity index is 730. The van der Waals surface area contributed by atoms with Crippen LogP contribution in [0.1, 0.15) is 25.5 Å². The lowest BCUT2D eigenvalue weighted by Crippen LogP contribution is -2.35. The van der Waals surface area contributed by atoms with Crippen LogP contribution in [0.3, 0.4) is 0 Å². The number of non-ortho nitro benzene ring substituents is 1. The average molecular weight is 346 g/mol. The summed E-state index contributed by atoms with van der Waals surface area (Å²) in [5, 5.41) is 13.5. The Morgan fingerprint density at radius 1 is 1.16 bits per heavy atom. The molecule has 0 heterocycles. The van der Waals surface area contributed by atoms with Crippen LogP contribution >= 0.6 is 0 Å². The lowest BCUT2D eigenvalue weighted by Gasteiger charge is -2.23. The molecule has 1 amide bonds. The fraction of sp³-hybridized carbons (Fsp3) is 0.278. The van der Waals surface area contributed by atoms with Crippen LogP contribution in [0.4, 0.5) is 10.1 Å². The smallest absolute Gasteiger partial charge is 0.269 e. The third-order valence-corrected chi connectivity index (χ3v) is 3.63. The molecule has 0 aromatic heterocycles. The van der Waals surface area contributed by atoms with Crippen LogP contribution in [-0.4, -0.2) is 17.4 Å². The molecule has 2 aromatic carbocycles. The van der Waals surface area contributed by atoms with Gasteiger partial charge in [0.25, 0.3) is 11.6 Å². The molecule has 132 valence electrons. The summed E-state index contributed by atoms with van der Waals surface area (Å²) in [7, 11) is 0. The van der Waals surface area contributed by atoms with Crippen molar-refractivity contribution in [1.82, 2.24) is 5.32 Å². The largest absolute Gasteiger partial charge is 0.484 e. The van der Waals surface area contributed by atoms with Gasteiger partial charge in [0, 0.05) is 12.1 Å². The van der Waals surface area contributed by atoms with Crippen LogP contribution in [0.2, 0.25) is 0 Å². The SMILES string of the molecule is CC(C)[C@H](NC(=O)COc1ccc([N+](=O)[O-])cc1)c1ccc(F)cc1. The number of amides is 1. The molecule has 0 aliphatic heterocycles. The molecule has 1 N–H and O–H groups in total. The summed E-state index contributed by atoms with van der Waals surface area (Å²) < 4.78 is 18.4. The van der Waals surface area contributed by atoms with E-state index in [0.29, 0.717) is 5.75 Å². The zero-order valence-corrected chi connectivity index (χ0v) is 13.9. The number of benzene rings is 2. The number of hydrogen-bond acceptors (Lipinski definition) is 4. The van der Waals surface area contributed by atoms with Crippen molar-refractivity contribution in [3.63, 3.8) is 0 Å². The highest BCUT2D eigenvalue weighted by molar-refractivity contribution is 5.78. The number of carbonyl (C=O) groups is 1. The number of nitrogens with one attached hydrogen (secondary N) is 1. The maximum Gasteiger partial charge on any atom is 0.269 e. The topological polar surface area (TPSA) is 81.5 Å². The fourth-order valence-corrected chi connectivity index (χ4v) is 2.33. The van der Waals surface area contributed by atoms with Crippen LogP contribution in [-0.2, 0) is 4.79 Å². The van der Waals surface area contributed by atoms with E-state index in [4.69, 9.17) is 4.74 Å². The number of ether oxygens (including phenoxy) is 1. The standard InChI is InChI=1S/C18H19FN2O4/c1-12(2)18(13-3-5-14(19)6-4-13)20-17(22)11-25-16-9-7-15(8-10-16)21(23)24/h3-10,12,18H,11H2,1-2H3,(H,20,22)/t18-/m0/s1. The van der Waals surface area contributed by atoms with Gasteiger partial charge in [0.05, 0.1) is 11.0 Å². The van der Waals surface area contributed by atoms with E-state index < -0.39 is 4.92 Å². The summed E-state index contributed by atoms with van der Waals surface area (Å²) in [4.78, 5) is 22.2. The Hall–Kier alpha value is -2.96. The second-order valence-corrected chi connectivity index (χ2v) is 5.88. The van der Waals surface area contributed by atoms with Crippen LogP contribution in [0.5, 0.6) is 5.75 Å². The van der Waals surface area contributed by atoms with Gasteiger partial charge in [0.1, 0.15) is 11.6 Å². The number of nitro benzene ring substituents is 1. The minimum atomic E-state index is -0.508. The maximum atomic E-state index is 13.1. The van der Waals surface area contributed by atoms with Crippen LogP contribution in [0, 0.1) is 21.8 Å². The first-order valence-corrected chi connectivity index (χ1v) is 7.79. The van der Waals surface area contributed by atoms with E-state index in [9.17, 15) is 19.3 Å². The van der Waals surface area contributed by atoms with Crippen molar-refractivity contribution in [1.29, 1.82) is 0 Å². The molecular formula is C18H19FN2O4. The highest BCUT2D eigenvalue weighted by atomic mass is 19.1. The Kier molecular flexibility index (Phi) is 6.05. The molecule has 0 unspecified atom stereocenters. The lowest BCUT2D eigenvalue weighted by molar-refractivity contribution is -0.384. The molecule has 7 heteroatoms. The van der Waals surface area contributed by atoms with E-state index in [0.717, 1.165) is 5.56 Å². The summed E-state index contributed by atoms with van der Waals surface area (Å²) >= 11 is 0. The first kappa shape index (κ1) is 18.4. The Labute approximate surface area is 144 Å². The number of nitro groups is 1. The van der Waals surface area contributed by atoms with Crippen molar-refractivity contribution < 1.29 is 18.8 Å². The molecule has 0 fully saturated rings. The minimum absolute atomic E-state index is 0.0482. The zero-order valence-electron chi connectivity index (χ0n) is 13.9. The van der Waals surface area contributed by atoms with Crippen molar-refractivity contribution in [2.75, 3.05) is 6.61 Å². The number of halogens is 1. The Morgan fingerprint density at radius 3 is 2.28 bits per heavy atom. The summed E-state index contributed by atoms with van der Waals surface area (Å²) in [6.45, 7) is 3.68. The normalized spacial score (nSPS) is 11.8. The first-order valence-electron chi connectivity index (χ1n) is 7.79. The predicted octanol–water partition coefficient (Wildman–Crippen LogP) is 3.63. The predicted molar refractivity (Wildman–Crippen MR) is 90.7 cm³/mol. The first-order chi connectivity index (χ1) is 11.9. The van der Waals surface area contributed by atoms with Crippen molar-refractivity contribution in [3.05, 3.63) is 70.0 Å². The van der Waals surface area contributed by atoms with Gasteiger partial charge in [-0.1, -0.05) is 26.0 Å². The Balaban J connectivity index is 1.95. The number of carbonyl (C=O) groups excluding carboxylic acids is 1. The van der Waals surface area contributed by atoms with E-state index in [1.54, 1.807) is 12.1 Å². The molecule has 0 saturated heterocycles. The number of rotatable bonds is 7. The Morgan fingerprint density at radius 2 is 1.76 bits per heavy atom. The van der Waals surface area contributed by atoms with Gasteiger partial charge in [-0.25, -0.2) is 4.39 Å². The van der Waals surface area contributed by atoms with Gasteiger partial charge < -0.3 is 10.1 Å². The van der Waals surface area contributed by atoms with Gasteiger partial charge in [0.15, 0.2) is 6.61 Å². The second-order valence-electron chi connectivity index (χ2n) is 5.88. The van der Waals surface area contributed by atoms with Gasteiger partial charge in [-0.15, -0.1) is 0 Å². The zero-order chi connectivity index (χ0) is 18.4. The van der Waals surface area contributed by atoms with Crippen molar-refractivity contribution in [2.45, 2.75) is 19.9 Å². The molecule has 0 saturated carbocycles. The summed E-state index contributed by atoms with van der Waals surface area (Å²) in [5.74, 6) is -0.196. The van der Waals surface area contributed by atoms with E-state index in [-0.39, 0.29) is 36.0 Å². The minimum Gasteiger partial charge on any atom is -0.484 e. The van der Waals surface area contributed by atoms with Gasteiger partial charge in [0.2, 0.25) is 0 Å². The molecule has 0 bridgehead atoms. The van der Waals surface area contributed by atoms with E-state index in [2.05, 4.69) is 5.32 Å². The number of nitrogens with zero attached hydrogens (tertiary/aromatic N) is 1. The molecule has 6 nitrogen and oxygen atoms in total. The van der Waals surface area contributed by atoms with E-state index in [1.807, 2.05) is 13.8 Å². The second kappa shape index (κ2) is 8.23. The van der Waals surface area contributed by atoms with Gasteiger partial charge >= 0.3 is 0 Å².